The molecule has 1 heterocycles. The number of phenols is 1. The van der Waals surface area contributed by atoms with Crippen LogP contribution in [-0.4, -0.2) is 22.2 Å². The number of benzene rings is 2. The summed E-state index contributed by atoms with van der Waals surface area (Å²) in [6.07, 6.45) is 1.43. The first-order valence-corrected chi connectivity index (χ1v) is 7.49. The highest BCUT2D eigenvalue weighted by Gasteiger charge is 2.10. The standard InChI is InChI=1S/C15H11BrClN3O2/c1-22-14-5-9-12(6-13(14)21)18-7-19-15(9)20-8-2-3-10(16)11(17)4-8/h2-7,21H,1H3,(H,18,19,20). The molecule has 3 aromatic rings. The Morgan fingerprint density at radius 1 is 1.23 bits per heavy atom. The number of hydrogen-bond acceptors (Lipinski definition) is 5. The van der Waals surface area contributed by atoms with Gasteiger partial charge in [-0.3, -0.25) is 0 Å². The number of methoxy groups -OCH3 is 1. The Morgan fingerprint density at radius 2 is 2.05 bits per heavy atom. The van der Waals surface area contributed by atoms with E-state index in [1.54, 1.807) is 12.1 Å². The van der Waals surface area contributed by atoms with E-state index in [-0.39, 0.29) is 5.75 Å². The summed E-state index contributed by atoms with van der Waals surface area (Å²) in [6, 6.07) is 8.74. The minimum Gasteiger partial charge on any atom is -0.504 e. The van der Waals surface area contributed by atoms with Gasteiger partial charge < -0.3 is 15.2 Å². The van der Waals surface area contributed by atoms with Crippen molar-refractivity contribution in [2.75, 3.05) is 12.4 Å². The van der Waals surface area contributed by atoms with E-state index in [9.17, 15) is 5.11 Å². The normalized spacial score (nSPS) is 10.7. The zero-order chi connectivity index (χ0) is 15.7. The van der Waals surface area contributed by atoms with Gasteiger partial charge in [-0.25, -0.2) is 9.97 Å². The van der Waals surface area contributed by atoms with E-state index in [1.165, 1.54) is 19.5 Å². The van der Waals surface area contributed by atoms with Crippen molar-refractivity contribution < 1.29 is 9.84 Å². The van der Waals surface area contributed by atoms with Crippen molar-refractivity contribution in [3.05, 3.63) is 46.2 Å². The van der Waals surface area contributed by atoms with E-state index < -0.39 is 0 Å². The third-order valence-electron chi connectivity index (χ3n) is 3.12. The van der Waals surface area contributed by atoms with Gasteiger partial charge in [-0.2, -0.15) is 0 Å². The number of ether oxygens (including phenoxy) is 1. The largest absolute Gasteiger partial charge is 0.504 e. The molecule has 0 radical (unpaired) electrons. The maximum Gasteiger partial charge on any atom is 0.161 e. The highest BCUT2D eigenvalue weighted by Crippen LogP contribution is 2.34. The second-order valence-corrected chi connectivity index (χ2v) is 5.78. The summed E-state index contributed by atoms with van der Waals surface area (Å²) in [5.41, 5.74) is 1.40. The highest BCUT2D eigenvalue weighted by molar-refractivity contribution is 9.10. The molecule has 0 aliphatic carbocycles. The van der Waals surface area contributed by atoms with Crippen LogP contribution in [0.5, 0.6) is 11.5 Å². The Labute approximate surface area is 140 Å². The molecule has 0 bridgehead atoms. The second-order valence-electron chi connectivity index (χ2n) is 4.52. The van der Waals surface area contributed by atoms with Gasteiger partial charge >= 0.3 is 0 Å². The Bertz CT molecular complexity index is 858. The van der Waals surface area contributed by atoms with Gasteiger partial charge in [-0.1, -0.05) is 11.6 Å². The molecule has 0 amide bonds. The van der Waals surface area contributed by atoms with E-state index >= 15 is 0 Å². The Hall–Kier alpha value is -2.05. The van der Waals surface area contributed by atoms with Crippen molar-refractivity contribution in [2.45, 2.75) is 0 Å². The van der Waals surface area contributed by atoms with Crippen molar-refractivity contribution in [2.24, 2.45) is 0 Å². The number of aromatic hydroxyl groups is 1. The first-order valence-electron chi connectivity index (χ1n) is 6.32. The molecule has 0 unspecified atom stereocenters. The van der Waals surface area contributed by atoms with Crippen LogP contribution in [0.4, 0.5) is 11.5 Å². The van der Waals surface area contributed by atoms with Gasteiger partial charge in [0.2, 0.25) is 0 Å². The van der Waals surface area contributed by atoms with Gasteiger partial charge in [0.05, 0.1) is 17.6 Å². The van der Waals surface area contributed by atoms with Crippen LogP contribution in [-0.2, 0) is 0 Å². The average molecular weight is 381 g/mol. The molecule has 2 N–H and O–H groups in total. The van der Waals surface area contributed by atoms with Crippen LogP contribution in [0.25, 0.3) is 10.9 Å². The number of fused-ring (bicyclic) bond motifs is 1. The van der Waals surface area contributed by atoms with Gasteiger partial charge in [-0.05, 0) is 40.2 Å². The smallest absolute Gasteiger partial charge is 0.161 e. The fourth-order valence-corrected chi connectivity index (χ4v) is 2.47. The van der Waals surface area contributed by atoms with Gasteiger partial charge in [0.25, 0.3) is 0 Å². The third kappa shape index (κ3) is 2.80. The third-order valence-corrected chi connectivity index (χ3v) is 4.35. The molecule has 0 aliphatic rings. The molecule has 0 fully saturated rings. The summed E-state index contributed by atoms with van der Waals surface area (Å²) in [6.45, 7) is 0. The number of phenolic OH excluding ortho intramolecular Hbond substituents is 1. The molecular formula is C15H11BrClN3O2. The number of nitrogens with zero attached hydrogens (tertiary/aromatic N) is 2. The number of aromatic nitrogens is 2. The monoisotopic (exact) mass is 379 g/mol. The lowest BCUT2D eigenvalue weighted by atomic mass is 10.2. The van der Waals surface area contributed by atoms with Crippen LogP contribution in [0.3, 0.4) is 0 Å². The van der Waals surface area contributed by atoms with E-state index in [4.69, 9.17) is 16.3 Å². The molecule has 3 rings (SSSR count). The Balaban J connectivity index is 2.08. The van der Waals surface area contributed by atoms with Gasteiger partial charge in [-0.15, -0.1) is 0 Å². The first-order chi connectivity index (χ1) is 10.6. The molecule has 7 heteroatoms. The van der Waals surface area contributed by atoms with Crippen molar-refractivity contribution in [1.29, 1.82) is 0 Å². The fourth-order valence-electron chi connectivity index (χ4n) is 2.05. The van der Waals surface area contributed by atoms with Crippen LogP contribution in [0.1, 0.15) is 0 Å². The summed E-state index contributed by atoms with van der Waals surface area (Å²) in [4.78, 5) is 8.40. The molecule has 0 saturated heterocycles. The summed E-state index contributed by atoms with van der Waals surface area (Å²) in [5, 5.41) is 14.3. The fraction of sp³-hybridized carbons (Fsp3) is 0.0667. The number of halogens is 2. The van der Waals surface area contributed by atoms with Crippen molar-refractivity contribution in [3.63, 3.8) is 0 Å². The molecular weight excluding hydrogens is 370 g/mol. The minimum atomic E-state index is 0.0336. The van der Waals surface area contributed by atoms with E-state index in [0.717, 1.165) is 15.5 Å². The SMILES string of the molecule is COc1cc2c(Nc3ccc(Br)c(Cl)c3)ncnc2cc1O. The van der Waals surface area contributed by atoms with Crippen LogP contribution in [0.15, 0.2) is 41.1 Å². The van der Waals surface area contributed by atoms with Crippen LogP contribution >= 0.6 is 27.5 Å². The molecule has 22 heavy (non-hydrogen) atoms. The zero-order valence-electron chi connectivity index (χ0n) is 11.5. The van der Waals surface area contributed by atoms with E-state index in [1.807, 2.05) is 12.1 Å². The first kappa shape index (κ1) is 14.9. The summed E-state index contributed by atoms with van der Waals surface area (Å²) >= 11 is 9.45. The van der Waals surface area contributed by atoms with Gasteiger partial charge in [0.1, 0.15) is 12.1 Å². The maximum atomic E-state index is 9.83. The Morgan fingerprint density at radius 3 is 2.77 bits per heavy atom. The predicted molar refractivity (Wildman–Crippen MR) is 90.2 cm³/mol. The molecule has 0 atom stereocenters. The molecule has 112 valence electrons. The van der Waals surface area contributed by atoms with Crippen molar-refractivity contribution in [3.8, 4) is 11.5 Å². The molecule has 0 saturated carbocycles. The summed E-state index contributed by atoms with van der Waals surface area (Å²) in [7, 11) is 1.49. The zero-order valence-corrected chi connectivity index (χ0v) is 13.8. The summed E-state index contributed by atoms with van der Waals surface area (Å²) < 4.78 is 5.95. The Kier molecular flexibility index (Phi) is 4.04. The maximum absolute atomic E-state index is 9.83. The van der Waals surface area contributed by atoms with E-state index in [2.05, 4.69) is 31.2 Å². The minimum absolute atomic E-state index is 0.0336. The lowest BCUT2D eigenvalue weighted by Gasteiger charge is -2.11. The molecule has 0 spiro atoms. The number of anilines is 2. The second kappa shape index (κ2) is 5.98. The van der Waals surface area contributed by atoms with Crippen LogP contribution in [0, 0.1) is 0 Å². The quantitative estimate of drug-likeness (QED) is 0.700. The predicted octanol–water partition coefficient (Wildman–Crippen LogP) is 4.50. The highest BCUT2D eigenvalue weighted by atomic mass is 79.9. The summed E-state index contributed by atoms with van der Waals surface area (Å²) in [5.74, 6) is 0.993. The number of rotatable bonds is 3. The van der Waals surface area contributed by atoms with Crippen LogP contribution in [0.2, 0.25) is 5.02 Å². The van der Waals surface area contributed by atoms with E-state index in [0.29, 0.717) is 22.1 Å². The van der Waals surface area contributed by atoms with Crippen molar-refractivity contribution in [1.82, 2.24) is 9.97 Å². The van der Waals surface area contributed by atoms with Crippen molar-refractivity contribution >= 4 is 49.9 Å². The van der Waals surface area contributed by atoms with Gasteiger partial charge in [0.15, 0.2) is 11.5 Å². The number of hydrogen-bond donors (Lipinski definition) is 2. The van der Waals surface area contributed by atoms with Crippen LogP contribution < -0.4 is 10.1 Å². The molecule has 1 aromatic heterocycles. The average Bonchev–Trinajstić information content (AvgIpc) is 2.50. The number of nitrogens with one attached hydrogen (secondary N) is 1. The lowest BCUT2D eigenvalue weighted by molar-refractivity contribution is 0.374. The van der Waals surface area contributed by atoms with Gasteiger partial charge in [0, 0.05) is 21.6 Å². The molecule has 5 nitrogen and oxygen atoms in total. The molecule has 2 aromatic carbocycles. The molecule has 0 aliphatic heterocycles. The topological polar surface area (TPSA) is 67.3 Å². The lowest BCUT2D eigenvalue weighted by Crippen LogP contribution is -1.96.